The Labute approximate surface area is 105 Å². The lowest BCUT2D eigenvalue weighted by Crippen LogP contribution is -2.16. The van der Waals surface area contributed by atoms with Crippen molar-refractivity contribution in [2.24, 2.45) is 0 Å². The van der Waals surface area contributed by atoms with Crippen LogP contribution in [0.4, 0.5) is 0 Å². The van der Waals surface area contributed by atoms with Gasteiger partial charge in [-0.15, -0.1) is 11.3 Å². The topological polar surface area (TPSA) is 34.1 Å². The van der Waals surface area contributed by atoms with Crippen LogP contribution in [0, 0.1) is 0 Å². The van der Waals surface area contributed by atoms with Gasteiger partial charge in [0.2, 0.25) is 0 Å². The lowest BCUT2D eigenvalue weighted by molar-refractivity contribution is 0.414. The van der Waals surface area contributed by atoms with E-state index in [-0.39, 0.29) is 0 Å². The van der Waals surface area contributed by atoms with Gasteiger partial charge in [-0.1, -0.05) is 12.1 Å². The van der Waals surface area contributed by atoms with Gasteiger partial charge in [0.1, 0.15) is 5.75 Å². The van der Waals surface area contributed by atoms with Crippen molar-refractivity contribution < 1.29 is 4.74 Å². The molecule has 1 N–H and O–H groups in total. The van der Waals surface area contributed by atoms with E-state index in [1.165, 1.54) is 5.56 Å². The first-order chi connectivity index (χ1) is 8.38. The molecular weight excluding hydrogens is 232 g/mol. The van der Waals surface area contributed by atoms with Crippen molar-refractivity contribution in [3.05, 3.63) is 46.4 Å². The first-order valence-corrected chi connectivity index (χ1v) is 6.53. The zero-order valence-corrected chi connectivity index (χ0v) is 10.7. The Balaban J connectivity index is 1.70. The van der Waals surface area contributed by atoms with Gasteiger partial charge in [-0.3, -0.25) is 0 Å². The summed E-state index contributed by atoms with van der Waals surface area (Å²) in [5.41, 5.74) is 4.31. The van der Waals surface area contributed by atoms with Crippen LogP contribution in [0.25, 0.3) is 0 Å². The van der Waals surface area contributed by atoms with Crippen molar-refractivity contribution in [3.8, 4) is 5.75 Å². The molecule has 0 aliphatic rings. The minimum Gasteiger partial charge on any atom is -0.497 e. The molecule has 0 atom stereocenters. The molecule has 0 aliphatic carbocycles. The summed E-state index contributed by atoms with van der Waals surface area (Å²) in [7, 11) is 1.68. The molecule has 4 heteroatoms. The summed E-state index contributed by atoms with van der Waals surface area (Å²) in [4.78, 5) is 4.25. The van der Waals surface area contributed by atoms with E-state index in [9.17, 15) is 0 Å². The number of nitrogens with one attached hydrogen (secondary N) is 1. The SMILES string of the molecule is COc1ccc(CNCCc2cscn2)cc1. The number of methoxy groups -OCH3 is 1. The van der Waals surface area contributed by atoms with E-state index in [0.29, 0.717) is 0 Å². The summed E-state index contributed by atoms with van der Waals surface area (Å²) in [5.74, 6) is 0.899. The van der Waals surface area contributed by atoms with Crippen LogP contribution in [0.3, 0.4) is 0 Å². The van der Waals surface area contributed by atoms with Gasteiger partial charge in [-0.05, 0) is 17.7 Å². The monoisotopic (exact) mass is 248 g/mol. The molecule has 1 heterocycles. The van der Waals surface area contributed by atoms with Crippen LogP contribution >= 0.6 is 11.3 Å². The molecule has 1 aromatic carbocycles. The summed E-state index contributed by atoms with van der Waals surface area (Å²) < 4.78 is 5.12. The quantitative estimate of drug-likeness (QED) is 0.797. The van der Waals surface area contributed by atoms with Crippen LogP contribution in [0.2, 0.25) is 0 Å². The van der Waals surface area contributed by atoms with Crippen molar-refractivity contribution >= 4 is 11.3 Å². The van der Waals surface area contributed by atoms with Gasteiger partial charge >= 0.3 is 0 Å². The van der Waals surface area contributed by atoms with E-state index >= 15 is 0 Å². The minimum atomic E-state index is 0.883. The lowest BCUT2D eigenvalue weighted by Gasteiger charge is -2.05. The zero-order valence-electron chi connectivity index (χ0n) is 9.85. The Bertz CT molecular complexity index is 425. The molecule has 1 aromatic heterocycles. The Hall–Kier alpha value is -1.39. The van der Waals surface area contributed by atoms with E-state index in [1.54, 1.807) is 18.4 Å². The Morgan fingerprint density at radius 1 is 1.29 bits per heavy atom. The Morgan fingerprint density at radius 3 is 2.76 bits per heavy atom. The highest BCUT2D eigenvalue weighted by Crippen LogP contribution is 2.10. The van der Waals surface area contributed by atoms with Crippen molar-refractivity contribution in [2.45, 2.75) is 13.0 Å². The Morgan fingerprint density at radius 2 is 2.12 bits per heavy atom. The lowest BCUT2D eigenvalue weighted by atomic mass is 10.2. The number of benzene rings is 1. The number of nitrogens with zero attached hydrogens (tertiary/aromatic N) is 1. The first kappa shape index (κ1) is 12.1. The van der Waals surface area contributed by atoms with E-state index in [4.69, 9.17) is 4.74 Å². The number of ether oxygens (including phenoxy) is 1. The maximum atomic E-state index is 5.12. The maximum absolute atomic E-state index is 5.12. The second-order valence-electron chi connectivity index (χ2n) is 3.75. The summed E-state index contributed by atoms with van der Waals surface area (Å²) in [6.07, 6.45) is 0.986. The molecule has 0 saturated heterocycles. The van der Waals surface area contributed by atoms with Gasteiger partial charge in [0.05, 0.1) is 18.3 Å². The van der Waals surface area contributed by atoms with Gasteiger partial charge in [0.25, 0.3) is 0 Å². The van der Waals surface area contributed by atoms with Gasteiger partial charge in [-0.2, -0.15) is 0 Å². The second-order valence-corrected chi connectivity index (χ2v) is 4.47. The van der Waals surface area contributed by atoms with Crippen LogP contribution in [-0.2, 0) is 13.0 Å². The van der Waals surface area contributed by atoms with Gasteiger partial charge in [0.15, 0.2) is 0 Å². The highest BCUT2D eigenvalue weighted by Gasteiger charge is 1.96. The third kappa shape index (κ3) is 3.84. The van der Waals surface area contributed by atoms with Gasteiger partial charge < -0.3 is 10.1 Å². The zero-order chi connectivity index (χ0) is 11.9. The molecule has 90 valence electrons. The van der Waals surface area contributed by atoms with Crippen LogP contribution < -0.4 is 10.1 Å². The fourth-order valence-corrected chi connectivity index (χ4v) is 2.15. The van der Waals surface area contributed by atoms with Crippen LogP contribution in [0.5, 0.6) is 5.75 Å². The number of thiazole rings is 1. The van der Waals surface area contributed by atoms with Crippen molar-refractivity contribution in [3.63, 3.8) is 0 Å². The van der Waals surface area contributed by atoms with Crippen LogP contribution in [-0.4, -0.2) is 18.6 Å². The van der Waals surface area contributed by atoms with Gasteiger partial charge in [-0.25, -0.2) is 4.98 Å². The average Bonchev–Trinajstić information content (AvgIpc) is 2.88. The highest BCUT2D eigenvalue weighted by molar-refractivity contribution is 7.07. The summed E-state index contributed by atoms with van der Waals surface area (Å²) in [6.45, 7) is 1.84. The van der Waals surface area contributed by atoms with Crippen LogP contribution in [0.15, 0.2) is 35.2 Å². The molecule has 0 radical (unpaired) electrons. The number of hydrogen-bond donors (Lipinski definition) is 1. The fraction of sp³-hybridized carbons (Fsp3) is 0.308. The average molecular weight is 248 g/mol. The van der Waals surface area contributed by atoms with Crippen molar-refractivity contribution in [1.82, 2.24) is 10.3 Å². The number of aromatic nitrogens is 1. The summed E-state index contributed by atoms with van der Waals surface area (Å²) in [6, 6.07) is 8.12. The van der Waals surface area contributed by atoms with E-state index in [1.807, 2.05) is 17.6 Å². The van der Waals surface area contributed by atoms with E-state index in [2.05, 4.69) is 27.8 Å². The normalized spacial score (nSPS) is 10.4. The van der Waals surface area contributed by atoms with Crippen molar-refractivity contribution in [1.29, 1.82) is 0 Å². The van der Waals surface area contributed by atoms with Crippen LogP contribution in [0.1, 0.15) is 11.3 Å². The molecule has 0 aliphatic heterocycles. The molecule has 0 fully saturated rings. The third-order valence-electron chi connectivity index (χ3n) is 2.53. The molecule has 17 heavy (non-hydrogen) atoms. The smallest absolute Gasteiger partial charge is 0.118 e. The number of hydrogen-bond acceptors (Lipinski definition) is 4. The molecular formula is C13H16N2OS. The minimum absolute atomic E-state index is 0.883. The van der Waals surface area contributed by atoms with E-state index < -0.39 is 0 Å². The van der Waals surface area contributed by atoms with Crippen molar-refractivity contribution in [2.75, 3.05) is 13.7 Å². The molecule has 3 nitrogen and oxygen atoms in total. The first-order valence-electron chi connectivity index (χ1n) is 5.59. The summed E-state index contributed by atoms with van der Waals surface area (Å²) in [5, 5.41) is 5.49. The molecule has 0 saturated carbocycles. The highest BCUT2D eigenvalue weighted by atomic mass is 32.1. The largest absolute Gasteiger partial charge is 0.497 e. The van der Waals surface area contributed by atoms with Gasteiger partial charge in [0, 0.05) is 24.9 Å². The Kier molecular flexibility index (Phi) is 4.53. The predicted molar refractivity (Wildman–Crippen MR) is 70.5 cm³/mol. The molecule has 2 aromatic rings. The molecule has 0 unspecified atom stereocenters. The maximum Gasteiger partial charge on any atom is 0.118 e. The molecule has 0 amide bonds. The third-order valence-corrected chi connectivity index (χ3v) is 3.16. The molecule has 2 rings (SSSR count). The summed E-state index contributed by atoms with van der Waals surface area (Å²) >= 11 is 1.65. The number of rotatable bonds is 6. The molecule has 0 bridgehead atoms. The predicted octanol–water partition coefficient (Wildman–Crippen LogP) is 2.48. The second kappa shape index (κ2) is 6.37. The fourth-order valence-electron chi connectivity index (χ4n) is 1.55. The molecule has 0 spiro atoms. The standard InChI is InChI=1S/C13H16N2OS/c1-16-13-4-2-11(3-5-13)8-14-7-6-12-9-17-10-15-12/h2-5,9-10,14H,6-8H2,1H3. The van der Waals surface area contributed by atoms with E-state index in [0.717, 1.165) is 31.0 Å².